The van der Waals surface area contributed by atoms with Crippen LogP contribution in [0, 0.1) is 5.92 Å². The Morgan fingerprint density at radius 2 is 1.90 bits per heavy atom. The van der Waals surface area contributed by atoms with Crippen LogP contribution in [0.15, 0.2) is 60.0 Å². The third kappa shape index (κ3) is 7.76. The smallest absolute Gasteiger partial charge is 0.322 e. The minimum absolute atomic E-state index is 0.00181. The second kappa shape index (κ2) is 13.4. The van der Waals surface area contributed by atoms with Gasteiger partial charge in [-0.25, -0.2) is 4.79 Å². The number of thiophene rings is 1. The van der Waals surface area contributed by atoms with Crippen LogP contribution in [0.2, 0.25) is 5.02 Å². The minimum atomic E-state index is -0.308. The normalized spacial score (nSPS) is 14.8. The molecule has 0 spiro atoms. The first kappa shape index (κ1) is 29.0. The van der Waals surface area contributed by atoms with Crippen molar-refractivity contribution in [2.24, 2.45) is 5.92 Å². The van der Waals surface area contributed by atoms with Crippen molar-refractivity contribution in [1.29, 1.82) is 0 Å². The minimum Gasteiger partial charge on any atom is -0.491 e. The molecule has 2 heterocycles. The molecular weight excluding hydrogens is 530 g/mol. The Bertz CT molecular complexity index is 1260. The van der Waals surface area contributed by atoms with E-state index in [0.717, 1.165) is 24.2 Å². The lowest BCUT2D eigenvalue weighted by Crippen LogP contribution is -2.49. The van der Waals surface area contributed by atoms with E-state index in [9.17, 15) is 9.59 Å². The Morgan fingerprint density at radius 3 is 2.59 bits per heavy atom. The number of ether oxygens (including phenoxy) is 1. The fraction of sp³-hybridized carbons (Fsp3) is 0.419. The number of fused-ring (bicyclic) bond motifs is 1. The average molecular weight is 568 g/mol. The van der Waals surface area contributed by atoms with Crippen LogP contribution in [0.1, 0.15) is 62.1 Å². The fourth-order valence-electron chi connectivity index (χ4n) is 4.69. The number of carbonyl (C=O) groups excluding carboxylic acids is 2. The molecule has 2 aromatic carbocycles. The molecule has 1 aliphatic heterocycles. The number of anilines is 1. The standard InChI is InChI=1S/C31H38ClN3O3S/c1-21(2)12-15-34(31(37)33-25-7-5-6-24(32)18-25)19-30(36)35-16-13-29-27(14-17-39-29)28(35)20-38-26-10-8-23(9-11-26)22(3)4/h5-11,14,17-18,21-22,28H,12-13,15-16,19-20H2,1-4H3,(H,33,37)/t28-/m0/s1. The number of urea groups is 1. The average Bonchev–Trinajstić information content (AvgIpc) is 3.39. The zero-order chi connectivity index (χ0) is 27.9. The Labute approximate surface area is 240 Å². The summed E-state index contributed by atoms with van der Waals surface area (Å²) >= 11 is 7.83. The number of amides is 3. The van der Waals surface area contributed by atoms with Gasteiger partial charge in [-0.1, -0.05) is 57.5 Å². The van der Waals surface area contributed by atoms with Crippen LogP contribution in [0.4, 0.5) is 10.5 Å². The second-order valence-corrected chi connectivity index (χ2v) is 12.2. The van der Waals surface area contributed by atoms with Crippen molar-refractivity contribution in [2.75, 3.05) is 31.6 Å². The van der Waals surface area contributed by atoms with Crippen molar-refractivity contribution >= 4 is 40.6 Å². The van der Waals surface area contributed by atoms with Crippen LogP contribution >= 0.6 is 22.9 Å². The van der Waals surface area contributed by atoms with E-state index in [4.69, 9.17) is 16.3 Å². The molecule has 1 atom stereocenters. The molecule has 3 amide bonds. The van der Waals surface area contributed by atoms with Crippen molar-refractivity contribution in [3.8, 4) is 5.75 Å². The van der Waals surface area contributed by atoms with Gasteiger partial charge in [-0.3, -0.25) is 4.79 Å². The first-order valence-electron chi connectivity index (χ1n) is 13.6. The maximum absolute atomic E-state index is 13.8. The molecule has 0 bridgehead atoms. The molecular formula is C31H38ClN3O3S. The van der Waals surface area contributed by atoms with Crippen LogP contribution in [-0.2, 0) is 11.2 Å². The maximum Gasteiger partial charge on any atom is 0.322 e. The Kier molecular flexibility index (Phi) is 9.92. The predicted molar refractivity (Wildman–Crippen MR) is 160 cm³/mol. The Hall–Kier alpha value is -3.03. The lowest BCUT2D eigenvalue weighted by atomic mass is 10.00. The van der Waals surface area contributed by atoms with E-state index in [1.807, 2.05) is 17.0 Å². The van der Waals surface area contributed by atoms with E-state index in [-0.39, 0.29) is 24.5 Å². The van der Waals surface area contributed by atoms with E-state index in [1.165, 1.54) is 10.4 Å². The fourth-order valence-corrected chi connectivity index (χ4v) is 5.81. The van der Waals surface area contributed by atoms with Crippen molar-refractivity contribution in [3.05, 3.63) is 81.0 Å². The number of halogens is 1. The summed E-state index contributed by atoms with van der Waals surface area (Å²) < 4.78 is 6.21. The van der Waals surface area contributed by atoms with Gasteiger partial charge < -0.3 is 19.9 Å². The maximum atomic E-state index is 13.8. The molecule has 6 nitrogen and oxygen atoms in total. The highest BCUT2D eigenvalue weighted by atomic mass is 35.5. The van der Waals surface area contributed by atoms with E-state index >= 15 is 0 Å². The van der Waals surface area contributed by atoms with Crippen LogP contribution < -0.4 is 10.1 Å². The SMILES string of the molecule is CC(C)CCN(CC(=O)N1CCc2sccc2[C@@H]1COc1ccc(C(C)C)cc1)C(=O)Nc1cccc(Cl)c1. The van der Waals surface area contributed by atoms with Crippen molar-refractivity contribution in [1.82, 2.24) is 9.80 Å². The highest BCUT2D eigenvalue weighted by Crippen LogP contribution is 2.34. The number of rotatable bonds is 10. The van der Waals surface area contributed by atoms with Gasteiger partial charge >= 0.3 is 6.03 Å². The first-order chi connectivity index (χ1) is 18.7. The van der Waals surface area contributed by atoms with Crippen molar-refractivity contribution < 1.29 is 14.3 Å². The van der Waals surface area contributed by atoms with E-state index in [2.05, 4.69) is 56.6 Å². The summed E-state index contributed by atoms with van der Waals surface area (Å²) in [6.45, 7) is 9.99. The molecule has 0 aliphatic carbocycles. The molecule has 8 heteroatoms. The predicted octanol–water partition coefficient (Wildman–Crippen LogP) is 7.61. The lowest BCUT2D eigenvalue weighted by Gasteiger charge is -2.37. The summed E-state index contributed by atoms with van der Waals surface area (Å²) in [6.07, 6.45) is 1.60. The summed E-state index contributed by atoms with van der Waals surface area (Å²) in [4.78, 5) is 31.8. The van der Waals surface area contributed by atoms with E-state index in [0.29, 0.717) is 42.2 Å². The lowest BCUT2D eigenvalue weighted by molar-refractivity contribution is -0.135. The molecule has 39 heavy (non-hydrogen) atoms. The van der Waals surface area contributed by atoms with Crippen LogP contribution in [-0.4, -0.2) is 48.0 Å². The van der Waals surface area contributed by atoms with Gasteiger partial charge in [-0.2, -0.15) is 0 Å². The molecule has 0 saturated carbocycles. The molecule has 0 fully saturated rings. The molecule has 1 N–H and O–H groups in total. The molecule has 3 aromatic rings. The van der Waals surface area contributed by atoms with Crippen molar-refractivity contribution in [2.45, 2.75) is 52.5 Å². The summed E-state index contributed by atoms with van der Waals surface area (Å²) in [5.41, 5.74) is 3.00. The van der Waals surface area contributed by atoms with Crippen LogP contribution in [0.25, 0.3) is 0 Å². The number of nitrogens with one attached hydrogen (secondary N) is 1. The first-order valence-corrected chi connectivity index (χ1v) is 14.9. The zero-order valence-electron chi connectivity index (χ0n) is 23.2. The topological polar surface area (TPSA) is 61.9 Å². The molecule has 0 unspecified atom stereocenters. The van der Waals surface area contributed by atoms with E-state index in [1.54, 1.807) is 40.5 Å². The van der Waals surface area contributed by atoms with Gasteiger partial charge in [-0.15, -0.1) is 11.3 Å². The van der Waals surface area contributed by atoms with Crippen molar-refractivity contribution in [3.63, 3.8) is 0 Å². The number of benzene rings is 2. The number of hydrogen-bond donors (Lipinski definition) is 1. The monoisotopic (exact) mass is 567 g/mol. The molecule has 0 radical (unpaired) electrons. The van der Waals surface area contributed by atoms with Crippen LogP contribution in [0.3, 0.4) is 0 Å². The third-order valence-electron chi connectivity index (χ3n) is 7.04. The summed E-state index contributed by atoms with van der Waals surface area (Å²) in [6, 6.07) is 16.8. The van der Waals surface area contributed by atoms with Gasteiger partial charge in [0.1, 0.15) is 18.9 Å². The Morgan fingerprint density at radius 1 is 1.13 bits per heavy atom. The number of hydrogen-bond acceptors (Lipinski definition) is 4. The van der Waals surface area contributed by atoms with Gasteiger partial charge in [0, 0.05) is 28.7 Å². The van der Waals surface area contributed by atoms with Gasteiger partial charge in [0.05, 0.1) is 6.04 Å². The highest BCUT2D eigenvalue weighted by molar-refractivity contribution is 7.10. The largest absolute Gasteiger partial charge is 0.491 e. The van der Waals surface area contributed by atoms with Gasteiger partial charge in [0.15, 0.2) is 0 Å². The number of nitrogens with zero attached hydrogens (tertiary/aromatic N) is 2. The third-order valence-corrected chi connectivity index (χ3v) is 8.27. The van der Waals surface area contributed by atoms with Gasteiger partial charge in [-0.05, 0) is 77.6 Å². The molecule has 1 aromatic heterocycles. The summed E-state index contributed by atoms with van der Waals surface area (Å²) in [5.74, 6) is 1.55. The van der Waals surface area contributed by atoms with Gasteiger partial charge in [0.2, 0.25) is 5.91 Å². The molecule has 4 rings (SSSR count). The molecule has 0 saturated heterocycles. The second-order valence-electron chi connectivity index (χ2n) is 10.7. The van der Waals surface area contributed by atoms with Gasteiger partial charge in [0.25, 0.3) is 0 Å². The molecule has 1 aliphatic rings. The zero-order valence-corrected chi connectivity index (χ0v) is 24.7. The number of carbonyl (C=O) groups is 2. The summed E-state index contributed by atoms with van der Waals surface area (Å²) in [7, 11) is 0. The summed E-state index contributed by atoms with van der Waals surface area (Å²) in [5, 5.41) is 5.53. The van der Waals surface area contributed by atoms with Crippen LogP contribution in [0.5, 0.6) is 5.75 Å². The highest BCUT2D eigenvalue weighted by Gasteiger charge is 2.33. The Balaban J connectivity index is 1.48. The molecule has 208 valence electrons. The quantitative estimate of drug-likeness (QED) is 0.274. The van der Waals surface area contributed by atoms with E-state index < -0.39 is 0 Å².